The summed E-state index contributed by atoms with van der Waals surface area (Å²) in [6.45, 7) is 13.2. The molecule has 5 nitrogen and oxygen atoms in total. The van der Waals surface area contributed by atoms with Crippen LogP contribution in [-0.4, -0.2) is 53.5 Å². The molecular formula is C17H36N2O3. The topological polar surface area (TPSA) is 61.8 Å². The summed E-state index contributed by atoms with van der Waals surface area (Å²) in [5.74, 6) is 0. The zero-order valence-corrected chi connectivity index (χ0v) is 15.3. The maximum Gasteiger partial charge on any atom is 0.410 e. The van der Waals surface area contributed by atoms with Gasteiger partial charge in [-0.1, -0.05) is 26.7 Å². The first-order valence-electron chi connectivity index (χ1n) is 8.59. The minimum absolute atomic E-state index is 0.294. The van der Waals surface area contributed by atoms with Crippen molar-refractivity contribution in [2.24, 2.45) is 0 Å². The van der Waals surface area contributed by atoms with E-state index in [4.69, 9.17) is 4.74 Å². The minimum atomic E-state index is -0.561. The molecule has 0 aromatic carbocycles. The lowest BCUT2D eigenvalue weighted by molar-refractivity contribution is 0.0163. The molecule has 0 bridgehead atoms. The number of amides is 1. The van der Waals surface area contributed by atoms with E-state index < -0.39 is 11.7 Å². The molecule has 0 aliphatic carbocycles. The second-order valence-electron chi connectivity index (χ2n) is 6.98. The van der Waals surface area contributed by atoms with E-state index in [1.807, 2.05) is 20.8 Å². The number of aliphatic hydroxyl groups excluding tert-OH is 1. The van der Waals surface area contributed by atoms with Gasteiger partial charge >= 0.3 is 6.09 Å². The van der Waals surface area contributed by atoms with Crippen molar-refractivity contribution < 1.29 is 14.6 Å². The van der Waals surface area contributed by atoms with Crippen LogP contribution in [0.4, 0.5) is 4.79 Å². The highest BCUT2D eigenvalue weighted by Gasteiger charge is 2.23. The molecule has 2 atom stereocenters. The van der Waals surface area contributed by atoms with E-state index in [-0.39, 0.29) is 6.09 Å². The summed E-state index contributed by atoms with van der Waals surface area (Å²) in [7, 11) is 0. The average molecular weight is 316 g/mol. The van der Waals surface area contributed by atoms with Crippen LogP contribution in [0.1, 0.15) is 67.2 Å². The van der Waals surface area contributed by atoms with Gasteiger partial charge in [0.25, 0.3) is 0 Å². The Bertz CT molecular complexity index is 301. The lowest BCUT2D eigenvalue weighted by atomic mass is 10.1. The van der Waals surface area contributed by atoms with E-state index >= 15 is 0 Å². The van der Waals surface area contributed by atoms with Gasteiger partial charge in [-0.05, 0) is 40.5 Å². The van der Waals surface area contributed by atoms with Crippen LogP contribution >= 0.6 is 0 Å². The lowest BCUT2D eigenvalue weighted by Gasteiger charge is -2.29. The second-order valence-corrected chi connectivity index (χ2v) is 6.98. The third kappa shape index (κ3) is 10.9. The van der Waals surface area contributed by atoms with Crippen molar-refractivity contribution in [3.63, 3.8) is 0 Å². The van der Waals surface area contributed by atoms with Crippen LogP contribution in [-0.2, 0) is 4.74 Å². The van der Waals surface area contributed by atoms with Crippen LogP contribution in [0.3, 0.4) is 0 Å². The standard InChI is InChI=1S/C17H36N2O3/c1-7-9-10-15(8-2)18-11-12-19(13-14(3)20)16(21)22-17(4,5)6/h14-15,18,20H,7-13H2,1-6H3. The van der Waals surface area contributed by atoms with Crippen LogP contribution < -0.4 is 5.32 Å². The average Bonchev–Trinajstić information content (AvgIpc) is 2.38. The molecule has 0 aromatic rings. The molecule has 0 aliphatic heterocycles. The molecule has 22 heavy (non-hydrogen) atoms. The molecule has 0 spiro atoms. The summed E-state index contributed by atoms with van der Waals surface area (Å²) in [5, 5.41) is 13.1. The Morgan fingerprint density at radius 2 is 1.95 bits per heavy atom. The second kappa shape index (κ2) is 10.8. The van der Waals surface area contributed by atoms with Gasteiger partial charge in [-0.3, -0.25) is 0 Å². The fraction of sp³-hybridized carbons (Fsp3) is 0.941. The summed E-state index contributed by atoms with van der Waals surface area (Å²) in [6, 6.07) is 0.493. The number of aliphatic hydroxyl groups is 1. The number of ether oxygens (including phenoxy) is 1. The van der Waals surface area contributed by atoms with E-state index in [2.05, 4.69) is 19.2 Å². The monoisotopic (exact) mass is 316 g/mol. The van der Waals surface area contributed by atoms with Crippen molar-refractivity contribution in [1.29, 1.82) is 0 Å². The Morgan fingerprint density at radius 1 is 1.32 bits per heavy atom. The van der Waals surface area contributed by atoms with Gasteiger partial charge in [0.05, 0.1) is 6.10 Å². The Morgan fingerprint density at radius 3 is 2.41 bits per heavy atom. The van der Waals surface area contributed by atoms with Gasteiger partial charge in [-0.15, -0.1) is 0 Å². The normalized spacial score (nSPS) is 14.5. The zero-order valence-electron chi connectivity index (χ0n) is 15.3. The highest BCUT2D eigenvalue weighted by Crippen LogP contribution is 2.10. The number of carbonyl (C=O) groups excluding carboxylic acids is 1. The molecule has 0 aromatic heterocycles. The highest BCUT2D eigenvalue weighted by atomic mass is 16.6. The highest BCUT2D eigenvalue weighted by molar-refractivity contribution is 5.68. The Balaban J connectivity index is 4.38. The molecule has 0 heterocycles. The summed E-state index contributed by atoms with van der Waals surface area (Å²) in [6.07, 6.45) is 3.74. The van der Waals surface area contributed by atoms with Crippen molar-refractivity contribution in [1.82, 2.24) is 10.2 Å². The maximum absolute atomic E-state index is 12.2. The number of unbranched alkanes of at least 4 members (excludes halogenated alkanes) is 1. The van der Waals surface area contributed by atoms with E-state index in [1.54, 1.807) is 11.8 Å². The minimum Gasteiger partial charge on any atom is -0.444 e. The number of carbonyl (C=O) groups is 1. The maximum atomic E-state index is 12.2. The van der Waals surface area contributed by atoms with E-state index in [0.29, 0.717) is 25.7 Å². The van der Waals surface area contributed by atoms with Gasteiger partial charge in [0.2, 0.25) is 0 Å². The molecule has 0 saturated carbocycles. The summed E-state index contributed by atoms with van der Waals surface area (Å²) >= 11 is 0. The first-order valence-corrected chi connectivity index (χ1v) is 8.59. The molecule has 5 heteroatoms. The van der Waals surface area contributed by atoms with Crippen molar-refractivity contribution in [2.75, 3.05) is 19.6 Å². The number of hydrogen-bond donors (Lipinski definition) is 2. The van der Waals surface area contributed by atoms with Gasteiger partial charge < -0.3 is 20.1 Å². The molecule has 0 saturated heterocycles. The number of nitrogens with one attached hydrogen (secondary N) is 1. The van der Waals surface area contributed by atoms with Gasteiger partial charge in [-0.25, -0.2) is 4.79 Å². The first-order chi connectivity index (χ1) is 10.2. The van der Waals surface area contributed by atoms with Crippen molar-refractivity contribution >= 4 is 6.09 Å². The zero-order chi connectivity index (χ0) is 17.2. The van der Waals surface area contributed by atoms with Gasteiger partial charge in [0.15, 0.2) is 0 Å². The molecule has 132 valence electrons. The van der Waals surface area contributed by atoms with Crippen LogP contribution in [0.25, 0.3) is 0 Å². The summed E-state index contributed by atoms with van der Waals surface area (Å²) in [5.41, 5.74) is -0.519. The Labute approximate surface area is 136 Å². The first kappa shape index (κ1) is 21.2. The number of rotatable bonds is 10. The van der Waals surface area contributed by atoms with Crippen LogP contribution in [0.5, 0.6) is 0 Å². The van der Waals surface area contributed by atoms with Crippen molar-refractivity contribution in [3.8, 4) is 0 Å². The summed E-state index contributed by atoms with van der Waals surface area (Å²) in [4.78, 5) is 13.8. The molecule has 2 unspecified atom stereocenters. The van der Waals surface area contributed by atoms with Gasteiger partial charge in [0, 0.05) is 25.7 Å². The van der Waals surface area contributed by atoms with E-state index in [1.165, 1.54) is 12.8 Å². The predicted octanol–water partition coefficient (Wildman–Crippen LogP) is 3.16. The molecule has 0 fully saturated rings. The fourth-order valence-electron chi connectivity index (χ4n) is 2.21. The number of nitrogens with zero attached hydrogens (tertiary/aromatic N) is 1. The smallest absolute Gasteiger partial charge is 0.410 e. The molecule has 1 amide bonds. The summed E-state index contributed by atoms with van der Waals surface area (Å²) < 4.78 is 5.40. The van der Waals surface area contributed by atoms with Gasteiger partial charge in [-0.2, -0.15) is 0 Å². The molecule has 0 rings (SSSR count). The van der Waals surface area contributed by atoms with Crippen LogP contribution in [0.15, 0.2) is 0 Å². The lowest BCUT2D eigenvalue weighted by Crippen LogP contribution is -2.44. The molecule has 0 radical (unpaired) electrons. The van der Waals surface area contributed by atoms with E-state index in [0.717, 1.165) is 12.8 Å². The third-order valence-corrected chi connectivity index (χ3v) is 3.35. The van der Waals surface area contributed by atoms with Gasteiger partial charge in [0.1, 0.15) is 5.60 Å². The number of hydrogen-bond acceptors (Lipinski definition) is 4. The fourth-order valence-corrected chi connectivity index (χ4v) is 2.21. The van der Waals surface area contributed by atoms with Crippen molar-refractivity contribution in [3.05, 3.63) is 0 Å². The molecule has 2 N–H and O–H groups in total. The Kier molecular flexibility index (Phi) is 10.4. The largest absolute Gasteiger partial charge is 0.444 e. The Hall–Kier alpha value is -0.810. The van der Waals surface area contributed by atoms with Crippen molar-refractivity contribution in [2.45, 2.75) is 85.0 Å². The predicted molar refractivity (Wildman–Crippen MR) is 91.1 cm³/mol. The molecular weight excluding hydrogens is 280 g/mol. The van der Waals surface area contributed by atoms with Crippen LogP contribution in [0.2, 0.25) is 0 Å². The SMILES string of the molecule is CCCCC(CC)NCCN(CC(C)O)C(=O)OC(C)(C)C. The molecule has 0 aliphatic rings. The quantitative estimate of drug-likeness (QED) is 0.650. The third-order valence-electron chi connectivity index (χ3n) is 3.35. The van der Waals surface area contributed by atoms with Crippen LogP contribution in [0, 0.1) is 0 Å². The van der Waals surface area contributed by atoms with E-state index in [9.17, 15) is 9.90 Å².